The largest absolute Gasteiger partial charge is 0.340 e. The highest BCUT2D eigenvalue weighted by molar-refractivity contribution is 7.09. The lowest BCUT2D eigenvalue weighted by Gasteiger charge is -2.34. The van der Waals surface area contributed by atoms with Crippen LogP contribution in [0.1, 0.15) is 37.2 Å². The fraction of sp³-hybridized carbons (Fsp3) is 0.476. The SMILES string of the molecule is CC(C)(C)c1nc(CN2CCN(C(=O)Cc3cn4ccccc4n3)CC2)cs1. The van der Waals surface area contributed by atoms with Crippen molar-refractivity contribution in [3.05, 3.63) is 52.4 Å². The van der Waals surface area contributed by atoms with E-state index in [4.69, 9.17) is 4.98 Å². The van der Waals surface area contributed by atoms with E-state index in [1.165, 1.54) is 5.01 Å². The third kappa shape index (κ3) is 4.25. The van der Waals surface area contributed by atoms with Gasteiger partial charge in [0.2, 0.25) is 5.91 Å². The molecule has 1 saturated heterocycles. The molecule has 4 rings (SSSR count). The number of rotatable bonds is 4. The topological polar surface area (TPSA) is 53.7 Å². The van der Waals surface area contributed by atoms with Crippen LogP contribution in [0.4, 0.5) is 0 Å². The Hall–Kier alpha value is -2.25. The number of amides is 1. The minimum absolute atomic E-state index is 0.103. The summed E-state index contributed by atoms with van der Waals surface area (Å²) < 4.78 is 1.96. The number of hydrogen-bond donors (Lipinski definition) is 0. The number of imidazole rings is 1. The number of hydrogen-bond acceptors (Lipinski definition) is 5. The second-order valence-electron chi connectivity index (χ2n) is 8.43. The minimum atomic E-state index is 0.103. The maximum atomic E-state index is 12.7. The normalized spacial score (nSPS) is 16.0. The number of thiazole rings is 1. The summed E-state index contributed by atoms with van der Waals surface area (Å²) in [6, 6.07) is 5.88. The molecule has 1 aliphatic heterocycles. The molecule has 6 nitrogen and oxygen atoms in total. The number of pyridine rings is 1. The molecule has 0 spiro atoms. The first-order valence-electron chi connectivity index (χ1n) is 9.76. The molecule has 0 unspecified atom stereocenters. The molecular weight excluding hydrogens is 370 g/mol. The van der Waals surface area contributed by atoms with Crippen LogP contribution in [0.2, 0.25) is 0 Å². The van der Waals surface area contributed by atoms with E-state index >= 15 is 0 Å². The Bertz CT molecular complexity index is 929. The molecule has 0 radical (unpaired) electrons. The predicted molar refractivity (Wildman–Crippen MR) is 112 cm³/mol. The van der Waals surface area contributed by atoms with Crippen LogP contribution in [-0.2, 0) is 23.2 Å². The summed E-state index contributed by atoms with van der Waals surface area (Å²) in [5, 5.41) is 3.35. The van der Waals surface area contributed by atoms with Crippen LogP contribution in [0.15, 0.2) is 36.0 Å². The van der Waals surface area contributed by atoms with Crippen LogP contribution in [0.25, 0.3) is 5.65 Å². The molecule has 1 fully saturated rings. The van der Waals surface area contributed by atoms with Gasteiger partial charge < -0.3 is 9.30 Å². The maximum absolute atomic E-state index is 12.7. The molecule has 3 aromatic heterocycles. The predicted octanol–water partition coefficient (Wildman–Crippen LogP) is 2.98. The van der Waals surface area contributed by atoms with Crippen molar-refractivity contribution in [3.63, 3.8) is 0 Å². The van der Waals surface area contributed by atoms with Gasteiger partial charge in [-0.25, -0.2) is 9.97 Å². The lowest BCUT2D eigenvalue weighted by Crippen LogP contribution is -2.48. The molecule has 0 saturated carbocycles. The standard InChI is InChI=1S/C21H27N5OS/c1-21(2,3)20-23-17(15-28-20)13-24-8-10-25(11-9-24)19(27)12-16-14-26-7-5-4-6-18(26)22-16/h4-7,14-15H,8-13H2,1-3H3. The summed E-state index contributed by atoms with van der Waals surface area (Å²) >= 11 is 1.74. The summed E-state index contributed by atoms with van der Waals surface area (Å²) in [5.74, 6) is 0.159. The fourth-order valence-corrected chi connectivity index (χ4v) is 4.35. The van der Waals surface area contributed by atoms with Crippen LogP contribution in [0, 0.1) is 0 Å². The smallest absolute Gasteiger partial charge is 0.228 e. The third-order valence-electron chi connectivity index (χ3n) is 5.05. The van der Waals surface area contributed by atoms with Gasteiger partial charge in [-0.15, -0.1) is 11.3 Å². The number of nitrogens with zero attached hydrogens (tertiary/aromatic N) is 5. The monoisotopic (exact) mass is 397 g/mol. The molecular formula is C21H27N5OS. The van der Waals surface area contributed by atoms with Crippen molar-refractivity contribution in [1.29, 1.82) is 0 Å². The fourth-order valence-electron chi connectivity index (χ4n) is 3.45. The average Bonchev–Trinajstić information content (AvgIpc) is 3.28. The van der Waals surface area contributed by atoms with Crippen molar-refractivity contribution >= 4 is 22.9 Å². The molecule has 28 heavy (non-hydrogen) atoms. The molecule has 148 valence electrons. The first kappa shape index (κ1) is 19.1. The van der Waals surface area contributed by atoms with Crippen molar-refractivity contribution in [2.24, 2.45) is 0 Å². The van der Waals surface area contributed by atoms with Gasteiger partial charge in [0.05, 0.1) is 22.8 Å². The summed E-state index contributed by atoms with van der Waals surface area (Å²) in [5.41, 5.74) is 2.95. The van der Waals surface area contributed by atoms with Gasteiger partial charge >= 0.3 is 0 Å². The molecule has 0 atom stereocenters. The number of fused-ring (bicyclic) bond motifs is 1. The van der Waals surface area contributed by atoms with Crippen molar-refractivity contribution < 1.29 is 4.79 Å². The van der Waals surface area contributed by atoms with Crippen molar-refractivity contribution in [1.82, 2.24) is 24.2 Å². The first-order chi connectivity index (χ1) is 13.4. The van der Waals surface area contributed by atoms with Gasteiger partial charge in [-0.2, -0.15) is 0 Å². The lowest BCUT2D eigenvalue weighted by molar-refractivity contribution is -0.132. The van der Waals surface area contributed by atoms with Crippen LogP contribution >= 0.6 is 11.3 Å². The van der Waals surface area contributed by atoms with Gasteiger partial charge in [-0.1, -0.05) is 26.8 Å². The van der Waals surface area contributed by atoms with Crippen molar-refractivity contribution in [2.75, 3.05) is 26.2 Å². The zero-order valence-electron chi connectivity index (χ0n) is 16.8. The molecule has 3 aromatic rings. The van der Waals surface area contributed by atoms with Gasteiger partial charge in [-0.05, 0) is 12.1 Å². The van der Waals surface area contributed by atoms with E-state index in [2.05, 4.69) is 36.0 Å². The van der Waals surface area contributed by atoms with Crippen molar-refractivity contribution in [2.45, 2.75) is 39.2 Å². The van der Waals surface area contributed by atoms with E-state index in [1.807, 2.05) is 39.9 Å². The summed E-state index contributed by atoms with van der Waals surface area (Å²) in [6.45, 7) is 10.8. The minimum Gasteiger partial charge on any atom is -0.340 e. The molecule has 1 aliphatic rings. The Morgan fingerprint density at radius 2 is 1.89 bits per heavy atom. The number of piperazine rings is 1. The van der Waals surface area contributed by atoms with E-state index in [0.717, 1.165) is 49.8 Å². The molecule has 7 heteroatoms. The van der Waals surface area contributed by atoms with Gasteiger partial charge in [0.25, 0.3) is 0 Å². The van der Waals surface area contributed by atoms with Crippen molar-refractivity contribution in [3.8, 4) is 0 Å². The van der Waals surface area contributed by atoms with Gasteiger partial charge in [0.15, 0.2) is 0 Å². The quantitative estimate of drug-likeness (QED) is 0.679. The molecule has 4 heterocycles. The summed E-state index contributed by atoms with van der Waals surface area (Å²) in [7, 11) is 0. The number of carbonyl (C=O) groups excluding carboxylic acids is 1. The Balaban J connectivity index is 1.29. The highest BCUT2D eigenvalue weighted by Crippen LogP contribution is 2.26. The number of aromatic nitrogens is 3. The van der Waals surface area contributed by atoms with Crippen LogP contribution in [0.5, 0.6) is 0 Å². The first-order valence-corrected chi connectivity index (χ1v) is 10.6. The lowest BCUT2D eigenvalue weighted by atomic mass is 9.98. The zero-order valence-corrected chi connectivity index (χ0v) is 17.6. The van der Waals surface area contributed by atoms with E-state index in [1.54, 1.807) is 11.3 Å². The van der Waals surface area contributed by atoms with Gasteiger partial charge in [-0.3, -0.25) is 9.69 Å². The van der Waals surface area contributed by atoms with Crippen LogP contribution < -0.4 is 0 Å². The van der Waals surface area contributed by atoms with E-state index in [0.29, 0.717) is 6.42 Å². The van der Waals surface area contributed by atoms with Gasteiger partial charge in [0.1, 0.15) is 5.65 Å². The van der Waals surface area contributed by atoms with E-state index in [9.17, 15) is 4.79 Å². The van der Waals surface area contributed by atoms with E-state index < -0.39 is 0 Å². The molecule has 1 amide bonds. The zero-order chi connectivity index (χ0) is 19.7. The Labute approximate surface area is 169 Å². The second kappa shape index (κ2) is 7.64. The second-order valence-corrected chi connectivity index (χ2v) is 9.28. The van der Waals surface area contributed by atoms with Crippen LogP contribution in [0.3, 0.4) is 0 Å². The molecule has 0 aromatic carbocycles. The molecule has 0 bridgehead atoms. The Kier molecular flexibility index (Phi) is 5.21. The Morgan fingerprint density at radius 3 is 2.57 bits per heavy atom. The molecule has 0 aliphatic carbocycles. The molecule has 0 N–H and O–H groups in total. The summed E-state index contributed by atoms with van der Waals surface area (Å²) in [4.78, 5) is 26.3. The maximum Gasteiger partial charge on any atom is 0.228 e. The highest BCUT2D eigenvalue weighted by atomic mass is 32.1. The third-order valence-corrected chi connectivity index (χ3v) is 6.37. The highest BCUT2D eigenvalue weighted by Gasteiger charge is 2.23. The summed E-state index contributed by atoms with van der Waals surface area (Å²) in [6.07, 6.45) is 4.26. The average molecular weight is 398 g/mol. The number of carbonyl (C=O) groups is 1. The van der Waals surface area contributed by atoms with Gasteiger partial charge in [0, 0.05) is 55.9 Å². The van der Waals surface area contributed by atoms with E-state index in [-0.39, 0.29) is 11.3 Å². The Morgan fingerprint density at radius 1 is 1.11 bits per heavy atom. The van der Waals surface area contributed by atoms with Crippen LogP contribution in [-0.4, -0.2) is 56.3 Å².